The number of nitrogens with one attached hydrogen (secondary N) is 1. The van der Waals surface area contributed by atoms with E-state index >= 15 is 0 Å². The fourth-order valence-corrected chi connectivity index (χ4v) is 1.66. The standard InChI is InChI=1S/C9H19NO2/c1-4-9-7(2)12-8(5-10-9)6-11-3/h7-10H,4-6H2,1-3H3. The van der Waals surface area contributed by atoms with Crippen LogP contribution in [0, 0.1) is 0 Å². The molecule has 3 heteroatoms. The van der Waals surface area contributed by atoms with Crippen molar-refractivity contribution in [3.05, 3.63) is 0 Å². The molecule has 0 saturated carbocycles. The lowest BCUT2D eigenvalue weighted by atomic mass is 10.1. The zero-order valence-electron chi connectivity index (χ0n) is 8.17. The molecular formula is C9H19NO2. The molecule has 0 aromatic heterocycles. The van der Waals surface area contributed by atoms with E-state index in [-0.39, 0.29) is 6.10 Å². The lowest BCUT2D eigenvalue weighted by molar-refractivity contribution is -0.0809. The summed E-state index contributed by atoms with van der Waals surface area (Å²) >= 11 is 0. The summed E-state index contributed by atoms with van der Waals surface area (Å²) in [6.07, 6.45) is 1.66. The summed E-state index contributed by atoms with van der Waals surface area (Å²) in [5, 5.41) is 3.45. The maximum Gasteiger partial charge on any atom is 0.0936 e. The van der Waals surface area contributed by atoms with Crippen molar-refractivity contribution in [1.82, 2.24) is 5.32 Å². The van der Waals surface area contributed by atoms with Crippen LogP contribution in [0.3, 0.4) is 0 Å². The Morgan fingerprint density at radius 3 is 2.83 bits per heavy atom. The summed E-state index contributed by atoms with van der Waals surface area (Å²) in [6.45, 7) is 5.89. The van der Waals surface area contributed by atoms with Gasteiger partial charge in [0.2, 0.25) is 0 Å². The molecular weight excluding hydrogens is 154 g/mol. The number of morpholine rings is 1. The van der Waals surface area contributed by atoms with Crippen LogP contribution < -0.4 is 5.32 Å². The average Bonchev–Trinajstić information content (AvgIpc) is 2.05. The molecule has 3 nitrogen and oxygen atoms in total. The number of hydrogen-bond acceptors (Lipinski definition) is 3. The van der Waals surface area contributed by atoms with Crippen LogP contribution in [-0.4, -0.2) is 38.5 Å². The van der Waals surface area contributed by atoms with Crippen molar-refractivity contribution < 1.29 is 9.47 Å². The molecule has 3 unspecified atom stereocenters. The molecule has 12 heavy (non-hydrogen) atoms. The van der Waals surface area contributed by atoms with E-state index in [1.165, 1.54) is 0 Å². The maximum absolute atomic E-state index is 5.74. The molecule has 0 radical (unpaired) electrons. The number of hydrogen-bond donors (Lipinski definition) is 1. The molecule has 1 fully saturated rings. The molecule has 0 aromatic carbocycles. The SMILES string of the molecule is CCC1NCC(COC)OC1C. The van der Waals surface area contributed by atoms with Crippen LogP contribution in [0.15, 0.2) is 0 Å². The summed E-state index contributed by atoms with van der Waals surface area (Å²) in [6, 6.07) is 0.512. The Balaban J connectivity index is 2.30. The second kappa shape index (κ2) is 4.80. The minimum atomic E-state index is 0.229. The first-order valence-corrected chi connectivity index (χ1v) is 4.65. The smallest absolute Gasteiger partial charge is 0.0936 e. The molecule has 0 spiro atoms. The Morgan fingerprint density at radius 2 is 2.33 bits per heavy atom. The predicted octanol–water partition coefficient (Wildman–Crippen LogP) is 0.788. The van der Waals surface area contributed by atoms with Crippen molar-refractivity contribution in [3.8, 4) is 0 Å². The molecule has 1 saturated heterocycles. The molecule has 0 aromatic rings. The molecule has 3 atom stereocenters. The average molecular weight is 173 g/mol. The van der Waals surface area contributed by atoms with E-state index < -0.39 is 0 Å². The van der Waals surface area contributed by atoms with E-state index in [4.69, 9.17) is 9.47 Å². The molecule has 1 N–H and O–H groups in total. The molecule has 1 aliphatic rings. The second-order valence-electron chi connectivity index (χ2n) is 3.34. The van der Waals surface area contributed by atoms with Gasteiger partial charge in [0.1, 0.15) is 0 Å². The second-order valence-corrected chi connectivity index (χ2v) is 3.34. The maximum atomic E-state index is 5.74. The normalized spacial score (nSPS) is 36.8. The molecule has 1 heterocycles. The zero-order chi connectivity index (χ0) is 8.97. The van der Waals surface area contributed by atoms with Gasteiger partial charge in [-0.05, 0) is 13.3 Å². The summed E-state index contributed by atoms with van der Waals surface area (Å²) in [4.78, 5) is 0. The Labute approximate surface area is 74.4 Å². The van der Waals surface area contributed by atoms with Gasteiger partial charge in [0.25, 0.3) is 0 Å². The third-order valence-corrected chi connectivity index (χ3v) is 2.37. The monoisotopic (exact) mass is 173 g/mol. The van der Waals surface area contributed by atoms with Gasteiger partial charge in [0.15, 0.2) is 0 Å². The van der Waals surface area contributed by atoms with Crippen molar-refractivity contribution in [2.45, 2.75) is 38.5 Å². The fraction of sp³-hybridized carbons (Fsp3) is 1.00. The fourth-order valence-electron chi connectivity index (χ4n) is 1.66. The molecule has 72 valence electrons. The highest BCUT2D eigenvalue weighted by atomic mass is 16.5. The minimum Gasteiger partial charge on any atom is -0.382 e. The largest absolute Gasteiger partial charge is 0.382 e. The van der Waals surface area contributed by atoms with E-state index in [0.29, 0.717) is 18.8 Å². The summed E-state index contributed by atoms with van der Waals surface area (Å²) in [7, 11) is 1.71. The van der Waals surface area contributed by atoms with Crippen molar-refractivity contribution >= 4 is 0 Å². The van der Waals surface area contributed by atoms with Gasteiger partial charge in [0, 0.05) is 19.7 Å². The molecule has 0 bridgehead atoms. The van der Waals surface area contributed by atoms with Gasteiger partial charge in [-0.15, -0.1) is 0 Å². The van der Waals surface area contributed by atoms with E-state index in [1.54, 1.807) is 7.11 Å². The third kappa shape index (κ3) is 2.44. The summed E-state index contributed by atoms with van der Waals surface area (Å²) < 4.78 is 10.8. The zero-order valence-corrected chi connectivity index (χ0v) is 8.17. The molecule has 0 aliphatic carbocycles. The highest BCUT2D eigenvalue weighted by Crippen LogP contribution is 2.11. The Morgan fingerprint density at radius 1 is 1.58 bits per heavy atom. The van der Waals surface area contributed by atoms with E-state index in [9.17, 15) is 0 Å². The molecule has 1 aliphatic heterocycles. The molecule has 0 amide bonds. The van der Waals surface area contributed by atoms with Gasteiger partial charge in [0.05, 0.1) is 18.8 Å². The van der Waals surface area contributed by atoms with Gasteiger partial charge >= 0.3 is 0 Å². The lowest BCUT2D eigenvalue weighted by Crippen LogP contribution is -2.52. The van der Waals surface area contributed by atoms with Gasteiger partial charge in [-0.25, -0.2) is 0 Å². The lowest BCUT2D eigenvalue weighted by Gasteiger charge is -2.34. The quantitative estimate of drug-likeness (QED) is 0.684. The first-order chi connectivity index (χ1) is 5.77. The topological polar surface area (TPSA) is 30.5 Å². The van der Waals surface area contributed by atoms with Crippen LogP contribution in [0.5, 0.6) is 0 Å². The van der Waals surface area contributed by atoms with Gasteiger partial charge in [-0.1, -0.05) is 6.92 Å². The molecule has 1 rings (SSSR count). The van der Waals surface area contributed by atoms with Crippen LogP contribution in [0.1, 0.15) is 20.3 Å². The van der Waals surface area contributed by atoms with Gasteiger partial charge < -0.3 is 14.8 Å². The van der Waals surface area contributed by atoms with Gasteiger partial charge in [-0.2, -0.15) is 0 Å². The van der Waals surface area contributed by atoms with Crippen LogP contribution in [-0.2, 0) is 9.47 Å². The minimum absolute atomic E-state index is 0.229. The number of methoxy groups -OCH3 is 1. The first-order valence-electron chi connectivity index (χ1n) is 4.65. The van der Waals surface area contributed by atoms with Crippen molar-refractivity contribution in [1.29, 1.82) is 0 Å². The summed E-state index contributed by atoms with van der Waals surface area (Å²) in [5.41, 5.74) is 0. The number of ether oxygens (including phenoxy) is 2. The van der Waals surface area contributed by atoms with Crippen molar-refractivity contribution in [2.24, 2.45) is 0 Å². The Bertz CT molecular complexity index is 130. The highest BCUT2D eigenvalue weighted by Gasteiger charge is 2.25. The Kier molecular flexibility index (Phi) is 3.98. The highest BCUT2D eigenvalue weighted by molar-refractivity contribution is 4.80. The predicted molar refractivity (Wildman–Crippen MR) is 48.3 cm³/mol. The van der Waals surface area contributed by atoms with E-state index in [1.807, 2.05) is 0 Å². The van der Waals surface area contributed by atoms with Crippen LogP contribution in [0.4, 0.5) is 0 Å². The third-order valence-electron chi connectivity index (χ3n) is 2.37. The van der Waals surface area contributed by atoms with E-state index in [0.717, 1.165) is 13.0 Å². The number of rotatable bonds is 3. The van der Waals surface area contributed by atoms with E-state index in [2.05, 4.69) is 19.2 Å². The van der Waals surface area contributed by atoms with Crippen LogP contribution in [0.25, 0.3) is 0 Å². The van der Waals surface area contributed by atoms with Crippen LogP contribution >= 0.6 is 0 Å². The van der Waals surface area contributed by atoms with Gasteiger partial charge in [-0.3, -0.25) is 0 Å². The van der Waals surface area contributed by atoms with Crippen molar-refractivity contribution in [2.75, 3.05) is 20.3 Å². The van der Waals surface area contributed by atoms with Crippen molar-refractivity contribution in [3.63, 3.8) is 0 Å². The first kappa shape index (κ1) is 9.96. The summed E-state index contributed by atoms with van der Waals surface area (Å²) in [5.74, 6) is 0. The van der Waals surface area contributed by atoms with Crippen LogP contribution in [0.2, 0.25) is 0 Å². The Hall–Kier alpha value is -0.120.